The first-order valence-electron chi connectivity index (χ1n) is 6.62. The lowest BCUT2D eigenvalue weighted by atomic mass is 10.2. The lowest BCUT2D eigenvalue weighted by molar-refractivity contribution is 0.406. The molecular formula is C14H23NO3S. The van der Waals surface area contributed by atoms with Crippen LogP contribution in [0.15, 0.2) is 23.1 Å². The molecule has 0 bridgehead atoms. The van der Waals surface area contributed by atoms with E-state index in [-0.39, 0.29) is 0 Å². The van der Waals surface area contributed by atoms with Gasteiger partial charge in [-0.3, -0.25) is 0 Å². The van der Waals surface area contributed by atoms with Crippen molar-refractivity contribution in [1.29, 1.82) is 0 Å². The highest BCUT2D eigenvalue weighted by Crippen LogP contribution is 2.23. The Balaban J connectivity index is 3.14. The van der Waals surface area contributed by atoms with Crippen molar-refractivity contribution in [3.05, 3.63) is 23.8 Å². The Morgan fingerprint density at radius 2 is 1.74 bits per heavy atom. The van der Waals surface area contributed by atoms with E-state index in [0.717, 1.165) is 18.4 Å². The highest BCUT2D eigenvalue weighted by Gasteiger charge is 2.23. The Morgan fingerprint density at radius 1 is 1.16 bits per heavy atom. The van der Waals surface area contributed by atoms with Gasteiger partial charge < -0.3 is 4.74 Å². The Bertz CT molecular complexity index is 505. The topological polar surface area (TPSA) is 46.6 Å². The second-order valence-electron chi connectivity index (χ2n) is 4.54. The molecule has 0 saturated carbocycles. The molecule has 0 fully saturated rings. The van der Waals surface area contributed by atoms with E-state index < -0.39 is 10.0 Å². The second-order valence-corrected chi connectivity index (χ2v) is 6.47. The van der Waals surface area contributed by atoms with Gasteiger partial charge in [0, 0.05) is 13.1 Å². The summed E-state index contributed by atoms with van der Waals surface area (Å²) in [5.41, 5.74) is 0.830. The van der Waals surface area contributed by atoms with E-state index in [4.69, 9.17) is 4.74 Å². The van der Waals surface area contributed by atoms with Crippen molar-refractivity contribution in [2.75, 3.05) is 20.2 Å². The molecule has 5 heteroatoms. The van der Waals surface area contributed by atoms with Crippen LogP contribution in [0.25, 0.3) is 0 Å². The predicted octanol–water partition coefficient (Wildman–Crippen LogP) is 2.81. The SMILES string of the molecule is CCCN(CCC)S(=O)(=O)c1ccc(OC)c(C)c1. The molecule has 0 heterocycles. The summed E-state index contributed by atoms with van der Waals surface area (Å²) in [7, 11) is -1.81. The van der Waals surface area contributed by atoms with Crippen molar-refractivity contribution in [2.24, 2.45) is 0 Å². The molecule has 0 aliphatic heterocycles. The van der Waals surface area contributed by atoms with Gasteiger partial charge >= 0.3 is 0 Å². The summed E-state index contributed by atoms with van der Waals surface area (Å²) in [6.45, 7) is 6.93. The van der Waals surface area contributed by atoms with E-state index in [1.165, 1.54) is 0 Å². The summed E-state index contributed by atoms with van der Waals surface area (Å²) in [5, 5.41) is 0. The molecule has 0 unspecified atom stereocenters. The van der Waals surface area contributed by atoms with Gasteiger partial charge in [0.05, 0.1) is 12.0 Å². The Kier molecular flexibility index (Phi) is 5.82. The van der Waals surface area contributed by atoms with Crippen LogP contribution in [-0.2, 0) is 10.0 Å². The summed E-state index contributed by atoms with van der Waals surface area (Å²) in [4.78, 5) is 0.340. The highest BCUT2D eigenvalue weighted by atomic mass is 32.2. The normalized spacial score (nSPS) is 11.8. The number of nitrogens with zero attached hydrogens (tertiary/aromatic N) is 1. The number of hydrogen-bond donors (Lipinski definition) is 0. The molecule has 0 aliphatic rings. The minimum Gasteiger partial charge on any atom is -0.496 e. The molecule has 0 saturated heterocycles. The van der Waals surface area contributed by atoms with Crippen molar-refractivity contribution in [1.82, 2.24) is 4.31 Å². The zero-order chi connectivity index (χ0) is 14.5. The maximum absolute atomic E-state index is 12.5. The molecule has 1 aromatic carbocycles. The van der Waals surface area contributed by atoms with Crippen LogP contribution in [0.2, 0.25) is 0 Å². The lowest BCUT2D eigenvalue weighted by Crippen LogP contribution is -2.32. The van der Waals surface area contributed by atoms with Gasteiger partial charge in [-0.1, -0.05) is 13.8 Å². The molecule has 0 radical (unpaired) electrons. The fourth-order valence-electron chi connectivity index (χ4n) is 2.01. The molecule has 108 valence electrons. The molecule has 0 N–H and O–H groups in total. The maximum Gasteiger partial charge on any atom is 0.243 e. The number of sulfonamides is 1. The molecule has 0 atom stereocenters. The first-order chi connectivity index (χ1) is 8.97. The number of hydrogen-bond acceptors (Lipinski definition) is 3. The Labute approximate surface area is 116 Å². The van der Waals surface area contributed by atoms with Crippen molar-refractivity contribution >= 4 is 10.0 Å². The fourth-order valence-corrected chi connectivity index (χ4v) is 3.72. The molecule has 1 rings (SSSR count). The summed E-state index contributed by atoms with van der Waals surface area (Å²) < 4.78 is 31.8. The zero-order valence-electron chi connectivity index (χ0n) is 12.1. The number of rotatable bonds is 7. The smallest absolute Gasteiger partial charge is 0.243 e. The third-order valence-electron chi connectivity index (χ3n) is 2.95. The minimum absolute atomic E-state index is 0.340. The van der Waals surface area contributed by atoms with E-state index in [0.29, 0.717) is 23.7 Å². The standard InChI is InChI=1S/C14H23NO3S/c1-5-9-15(10-6-2)19(16,17)13-7-8-14(18-4)12(3)11-13/h7-8,11H,5-6,9-10H2,1-4H3. The largest absolute Gasteiger partial charge is 0.496 e. The van der Waals surface area contributed by atoms with E-state index in [2.05, 4.69) is 0 Å². The van der Waals surface area contributed by atoms with Crippen LogP contribution < -0.4 is 4.74 Å². The van der Waals surface area contributed by atoms with Crippen molar-refractivity contribution in [3.63, 3.8) is 0 Å². The third-order valence-corrected chi connectivity index (χ3v) is 4.84. The van der Waals surface area contributed by atoms with Crippen molar-refractivity contribution < 1.29 is 13.2 Å². The van der Waals surface area contributed by atoms with Crippen LogP contribution in [0.4, 0.5) is 0 Å². The van der Waals surface area contributed by atoms with Gasteiger partial charge in [0.15, 0.2) is 0 Å². The quantitative estimate of drug-likeness (QED) is 0.774. The van der Waals surface area contributed by atoms with Crippen LogP contribution in [0.3, 0.4) is 0 Å². The van der Waals surface area contributed by atoms with Gasteiger partial charge in [-0.2, -0.15) is 4.31 Å². The average molecular weight is 285 g/mol. The van der Waals surface area contributed by atoms with Crippen molar-refractivity contribution in [3.8, 4) is 5.75 Å². The lowest BCUT2D eigenvalue weighted by Gasteiger charge is -2.21. The average Bonchev–Trinajstić information content (AvgIpc) is 2.38. The first-order valence-corrected chi connectivity index (χ1v) is 8.06. The molecule has 0 aliphatic carbocycles. The maximum atomic E-state index is 12.5. The summed E-state index contributed by atoms with van der Waals surface area (Å²) in [6, 6.07) is 4.99. The molecule has 0 aromatic heterocycles. The number of methoxy groups -OCH3 is 1. The fraction of sp³-hybridized carbons (Fsp3) is 0.571. The van der Waals surface area contributed by atoms with Crippen LogP contribution in [0.1, 0.15) is 32.3 Å². The van der Waals surface area contributed by atoms with Gasteiger partial charge in [0.25, 0.3) is 0 Å². The Hall–Kier alpha value is -1.07. The summed E-state index contributed by atoms with van der Waals surface area (Å²) in [6.07, 6.45) is 1.63. The van der Waals surface area contributed by atoms with E-state index in [9.17, 15) is 8.42 Å². The predicted molar refractivity (Wildman–Crippen MR) is 77.1 cm³/mol. The van der Waals surface area contributed by atoms with Crippen LogP contribution in [-0.4, -0.2) is 32.9 Å². The monoisotopic (exact) mass is 285 g/mol. The highest BCUT2D eigenvalue weighted by molar-refractivity contribution is 7.89. The molecule has 0 amide bonds. The summed E-state index contributed by atoms with van der Waals surface area (Å²) in [5.74, 6) is 0.705. The van der Waals surface area contributed by atoms with Crippen LogP contribution in [0.5, 0.6) is 5.75 Å². The van der Waals surface area contributed by atoms with E-state index in [1.54, 1.807) is 29.6 Å². The molecule has 1 aromatic rings. The van der Waals surface area contributed by atoms with E-state index in [1.807, 2.05) is 20.8 Å². The number of benzene rings is 1. The van der Waals surface area contributed by atoms with Gasteiger partial charge in [0.1, 0.15) is 5.75 Å². The molecular weight excluding hydrogens is 262 g/mol. The number of aryl methyl sites for hydroxylation is 1. The zero-order valence-corrected chi connectivity index (χ0v) is 13.0. The Morgan fingerprint density at radius 3 is 2.16 bits per heavy atom. The minimum atomic E-state index is -3.40. The molecule has 19 heavy (non-hydrogen) atoms. The second kappa shape index (κ2) is 6.91. The van der Waals surface area contributed by atoms with E-state index >= 15 is 0 Å². The van der Waals surface area contributed by atoms with Gasteiger partial charge in [-0.15, -0.1) is 0 Å². The molecule has 0 spiro atoms. The van der Waals surface area contributed by atoms with Crippen LogP contribution >= 0.6 is 0 Å². The van der Waals surface area contributed by atoms with Gasteiger partial charge in [-0.25, -0.2) is 8.42 Å². The summed E-state index contributed by atoms with van der Waals surface area (Å²) >= 11 is 0. The van der Waals surface area contributed by atoms with Gasteiger partial charge in [-0.05, 0) is 43.5 Å². The van der Waals surface area contributed by atoms with Crippen molar-refractivity contribution in [2.45, 2.75) is 38.5 Å². The number of ether oxygens (including phenoxy) is 1. The molecule has 4 nitrogen and oxygen atoms in total. The first kappa shape index (κ1) is 16.0. The van der Waals surface area contributed by atoms with Crippen LogP contribution in [0, 0.1) is 6.92 Å². The third kappa shape index (κ3) is 3.70. The van der Waals surface area contributed by atoms with Gasteiger partial charge in [0.2, 0.25) is 10.0 Å².